The number of carbonyl (C=O) groups is 1. The zero-order chi connectivity index (χ0) is 12.6. The number of rotatable bonds is 1. The highest BCUT2D eigenvalue weighted by Gasteiger charge is 2.30. The van der Waals surface area contributed by atoms with Gasteiger partial charge in [0.25, 0.3) is 0 Å². The van der Waals surface area contributed by atoms with Gasteiger partial charge in [-0.2, -0.15) is 0 Å². The van der Waals surface area contributed by atoms with Crippen molar-refractivity contribution in [1.29, 1.82) is 0 Å². The number of hydrogen-bond donors (Lipinski definition) is 1. The Labute approximate surface area is 102 Å². The molecule has 17 heavy (non-hydrogen) atoms. The van der Waals surface area contributed by atoms with Crippen molar-refractivity contribution in [3.8, 4) is 12.3 Å². The second-order valence-electron chi connectivity index (χ2n) is 4.57. The molecule has 0 aliphatic carbocycles. The van der Waals surface area contributed by atoms with Crippen LogP contribution in [0.25, 0.3) is 0 Å². The first-order valence-electron chi connectivity index (χ1n) is 5.66. The SMILES string of the molecule is C#CC1CC(=O)N(c2cc(C)c(N)cc2C)C1. The minimum absolute atomic E-state index is 0.0276. The first-order valence-corrected chi connectivity index (χ1v) is 5.66. The van der Waals surface area contributed by atoms with E-state index in [1.165, 1.54) is 0 Å². The highest BCUT2D eigenvalue weighted by molar-refractivity contribution is 5.97. The Morgan fingerprint density at radius 2 is 2.12 bits per heavy atom. The van der Waals surface area contributed by atoms with Crippen LogP contribution in [-0.4, -0.2) is 12.5 Å². The van der Waals surface area contributed by atoms with Gasteiger partial charge in [0.2, 0.25) is 5.91 Å². The van der Waals surface area contributed by atoms with E-state index >= 15 is 0 Å². The van der Waals surface area contributed by atoms with Crippen LogP contribution in [0.3, 0.4) is 0 Å². The van der Waals surface area contributed by atoms with Crippen molar-refractivity contribution in [2.75, 3.05) is 17.2 Å². The summed E-state index contributed by atoms with van der Waals surface area (Å²) in [7, 11) is 0. The fraction of sp³-hybridized carbons (Fsp3) is 0.357. The van der Waals surface area contributed by atoms with Gasteiger partial charge in [-0.05, 0) is 37.1 Å². The van der Waals surface area contributed by atoms with Gasteiger partial charge in [0.1, 0.15) is 0 Å². The van der Waals surface area contributed by atoms with Crippen molar-refractivity contribution in [2.24, 2.45) is 5.92 Å². The van der Waals surface area contributed by atoms with Gasteiger partial charge in [-0.1, -0.05) is 0 Å². The van der Waals surface area contributed by atoms with Gasteiger partial charge in [0.05, 0.1) is 0 Å². The summed E-state index contributed by atoms with van der Waals surface area (Å²) >= 11 is 0. The molecule has 0 saturated carbocycles. The molecule has 0 radical (unpaired) electrons. The monoisotopic (exact) mass is 228 g/mol. The molecule has 1 amide bonds. The van der Waals surface area contributed by atoms with Gasteiger partial charge in [0, 0.05) is 30.3 Å². The Kier molecular flexibility index (Phi) is 2.81. The molecule has 1 aromatic carbocycles. The predicted molar refractivity (Wildman–Crippen MR) is 69.6 cm³/mol. The maximum absolute atomic E-state index is 11.9. The number of terminal acetylenes is 1. The van der Waals surface area contributed by atoms with E-state index in [1.807, 2.05) is 26.0 Å². The Morgan fingerprint density at radius 1 is 1.41 bits per heavy atom. The van der Waals surface area contributed by atoms with Crippen LogP contribution in [0.5, 0.6) is 0 Å². The first kappa shape index (κ1) is 11.5. The molecular weight excluding hydrogens is 212 g/mol. The van der Waals surface area contributed by atoms with Crippen LogP contribution in [-0.2, 0) is 4.79 Å². The van der Waals surface area contributed by atoms with E-state index in [0.29, 0.717) is 13.0 Å². The Hall–Kier alpha value is -1.95. The maximum Gasteiger partial charge on any atom is 0.228 e. The van der Waals surface area contributed by atoms with Crippen LogP contribution in [0.1, 0.15) is 17.5 Å². The van der Waals surface area contributed by atoms with Crippen molar-refractivity contribution in [1.82, 2.24) is 0 Å². The molecule has 88 valence electrons. The van der Waals surface area contributed by atoms with E-state index in [2.05, 4.69) is 5.92 Å². The van der Waals surface area contributed by atoms with Crippen molar-refractivity contribution in [3.63, 3.8) is 0 Å². The third-order valence-electron chi connectivity index (χ3n) is 3.24. The largest absolute Gasteiger partial charge is 0.399 e. The van der Waals surface area contributed by atoms with Crippen LogP contribution in [0.4, 0.5) is 11.4 Å². The molecule has 1 aromatic rings. The smallest absolute Gasteiger partial charge is 0.228 e. The number of nitrogens with two attached hydrogens (primary N) is 1. The second kappa shape index (κ2) is 4.14. The number of hydrogen-bond acceptors (Lipinski definition) is 2. The first-order chi connectivity index (χ1) is 8.02. The molecule has 0 spiro atoms. The molecule has 0 bridgehead atoms. The molecule has 3 nitrogen and oxygen atoms in total. The van der Waals surface area contributed by atoms with Crippen LogP contribution in [0, 0.1) is 32.1 Å². The number of nitrogen functional groups attached to an aromatic ring is 1. The third-order valence-corrected chi connectivity index (χ3v) is 3.24. The highest BCUT2D eigenvalue weighted by atomic mass is 16.2. The number of anilines is 2. The van der Waals surface area contributed by atoms with Gasteiger partial charge in [-0.3, -0.25) is 4.79 Å². The molecular formula is C14H16N2O. The number of aryl methyl sites for hydroxylation is 2. The van der Waals surface area contributed by atoms with E-state index in [9.17, 15) is 4.79 Å². The molecule has 1 saturated heterocycles. The third kappa shape index (κ3) is 1.99. The Balaban J connectivity index is 2.39. The molecule has 1 aliphatic heterocycles. The fourth-order valence-electron chi connectivity index (χ4n) is 2.17. The van der Waals surface area contributed by atoms with Crippen molar-refractivity contribution < 1.29 is 4.79 Å². The predicted octanol–water partition coefficient (Wildman–Crippen LogP) is 1.87. The van der Waals surface area contributed by atoms with E-state index < -0.39 is 0 Å². The lowest BCUT2D eigenvalue weighted by molar-refractivity contribution is -0.117. The maximum atomic E-state index is 11.9. The molecule has 1 fully saturated rings. The summed E-state index contributed by atoms with van der Waals surface area (Å²) in [5.41, 5.74) is 9.53. The molecule has 1 aliphatic rings. The summed E-state index contributed by atoms with van der Waals surface area (Å²) in [5, 5.41) is 0. The van der Waals surface area contributed by atoms with E-state index in [0.717, 1.165) is 22.5 Å². The lowest BCUT2D eigenvalue weighted by Gasteiger charge is -2.20. The normalized spacial score (nSPS) is 19.5. The quantitative estimate of drug-likeness (QED) is 0.589. The number of benzene rings is 1. The van der Waals surface area contributed by atoms with Gasteiger partial charge in [-0.25, -0.2) is 0 Å². The van der Waals surface area contributed by atoms with E-state index in [-0.39, 0.29) is 11.8 Å². The fourth-order valence-corrected chi connectivity index (χ4v) is 2.17. The Morgan fingerprint density at radius 3 is 2.71 bits per heavy atom. The number of carbonyl (C=O) groups excluding carboxylic acids is 1. The Bertz CT molecular complexity index is 514. The second-order valence-corrected chi connectivity index (χ2v) is 4.57. The van der Waals surface area contributed by atoms with Gasteiger partial charge in [0.15, 0.2) is 0 Å². The van der Waals surface area contributed by atoms with Crippen LogP contribution >= 0.6 is 0 Å². The van der Waals surface area contributed by atoms with E-state index in [4.69, 9.17) is 12.2 Å². The standard InChI is InChI=1S/C14H16N2O/c1-4-11-7-14(17)16(8-11)13-6-9(2)12(15)5-10(13)3/h1,5-6,11H,7-8,15H2,2-3H3. The number of nitrogens with zero attached hydrogens (tertiary/aromatic N) is 1. The minimum Gasteiger partial charge on any atom is -0.399 e. The van der Waals surface area contributed by atoms with Crippen LogP contribution in [0.2, 0.25) is 0 Å². The summed E-state index contributed by atoms with van der Waals surface area (Å²) in [5.74, 6) is 2.78. The van der Waals surface area contributed by atoms with Gasteiger partial charge < -0.3 is 10.6 Å². The summed E-state index contributed by atoms with van der Waals surface area (Å²) in [6.45, 7) is 4.51. The van der Waals surface area contributed by atoms with Crippen molar-refractivity contribution in [2.45, 2.75) is 20.3 Å². The highest BCUT2D eigenvalue weighted by Crippen LogP contribution is 2.30. The summed E-state index contributed by atoms with van der Waals surface area (Å²) < 4.78 is 0. The lowest BCUT2D eigenvalue weighted by atomic mass is 10.1. The summed E-state index contributed by atoms with van der Waals surface area (Å²) in [4.78, 5) is 13.7. The average molecular weight is 228 g/mol. The summed E-state index contributed by atoms with van der Waals surface area (Å²) in [6, 6.07) is 3.86. The molecule has 2 rings (SSSR count). The molecule has 3 heteroatoms. The van der Waals surface area contributed by atoms with Crippen LogP contribution in [0.15, 0.2) is 12.1 Å². The van der Waals surface area contributed by atoms with Gasteiger partial charge >= 0.3 is 0 Å². The average Bonchev–Trinajstić information content (AvgIpc) is 2.65. The molecule has 1 unspecified atom stereocenters. The molecule has 1 heterocycles. The van der Waals surface area contributed by atoms with Gasteiger partial charge in [-0.15, -0.1) is 12.3 Å². The van der Waals surface area contributed by atoms with Crippen molar-refractivity contribution >= 4 is 17.3 Å². The number of amides is 1. The van der Waals surface area contributed by atoms with Crippen molar-refractivity contribution in [3.05, 3.63) is 23.3 Å². The topological polar surface area (TPSA) is 46.3 Å². The zero-order valence-electron chi connectivity index (χ0n) is 10.2. The lowest BCUT2D eigenvalue weighted by Crippen LogP contribution is -2.25. The molecule has 1 atom stereocenters. The molecule has 2 N–H and O–H groups in total. The van der Waals surface area contributed by atoms with E-state index in [1.54, 1.807) is 4.90 Å². The minimum atomic E-state index is 0.0276. The molecule has 0 aromatic heterocycles. The van der Waals surface area contributed by atoms with Crippen LogP contribution < -0.4 is 10.6 Å². The zero-order valence-corrected chi connectivity index (χ0v) is 10.2. The summed E-state index contributed by atoms with van der Waals surface area (Å²) in [6.07, 6.45) is 5.82.